The molecular weight excluding hydrogens is 450 g/mol. The zero-order valence-corrected chi connectivity index (χ0v) is 22.3. The van der Waals surface area contributed by atoms with Crippen molar-refractivity contribution in [2.75, 3.05) is 45.1 Å². The molecule has 1 aromatic heterocycles. The highest BCUT2D eigenvalue weighted by Crippen LogP contribution is 2.32. The van der Waals surface area contributed by atoms with Gasteiger partial charge in [-0.05, 0) is 68.3 Å². The van der Waals surface area contributed by atoms with E-state index >= 15 is 0 Å². The van der Waals surface area contributed by atoms with Crippen molar-refractivity contribution in [2.45, 2.75) is 64.3 Å². The Balaban J connectivity index is 1.62. The number of anilines is 1. The third-order valence-electron chi connectivity index (χ3n) is 7.51. The van der Waals surface area contributed by atoms with Crippen molar-refractivity contribution in [3.63, 3.8) is 0 Å². The summed E-state index contributed by atoms with van der Waals surface area (Å²) in [4.78, 5) is 33.6. The molecule has 7 nitrogen and oxygen atoms in total. The molecule has 1 aromatic rings. The summed E-state index contributed by atoms with van der Waals surface area (Å²) in [5.41, 5.74) is 4.25. The van der Waals surface area contributed by atoms with Crippen LogP contribution in [0.2, 0.25) is 0 Å². The van der Waals surface area contributed by atoms with E-state index in [1.54, 1.807) is 6.92 Å². The number of nitrogens with one attached hydrogen (secondary N) is 2. The lowest BCUT2D eigenvalue weighted by molar-refractivity contribution is -0.129. The maximum atomic E-state index is 13.4. The number of nitrogens with zero attached hydrogens (tertiary/aromatic N) is 3. The molecule has 2 N–H and O–H groups in total. The fourth-order valence-electron chi connectivity index (χ4n) is 5.28. The molecule has 0 saturated carbocycles. The molecule has 2 aliphatic heterocycles. The predicted molar refractivity (Wildman–Crippen MR) is 147 cm³/mol. The summed E-state index contributed by atoms with van der Waals surface area (Å²) in [5.74, 6) is 1.30. The van der Waals surface area contributed by atoms with Gasteiger partial charge in [0.1, 0.15) is 5.82 Å². The molecule has 0 bridgehead atoms. The fourth-order valence-corrected chi connectivity index (χ4v) is 5.28. The van der Waals surface area contributed by atoms with Crippen LogP contribution in [-0.2, 0) is 4.79 Å². The van der Waals surface area contributed by atoms with Crippen LogP contribution in [0.25, 0.3) is 0 Å². The van der Waals surface area contributed by atoms with Crippen LogP contribution in [0.15, 0.2) is 48.7 Å². The van der Waals surface area contributed by atoms with Crippen molar-refractivity contribution in [3.8, 4) is 0 Å². The Morgan fingerprint density at radius 2 is 1.92 bits per heavy atom. The van der Waals surface area contributed by atoms with E-state index in [-0.39, 0.29) is 17.9 Å². The van der Waals surface area contributed by atoms with E-state index in [0.717, 1.165) is 88.2 Å². The van der Waals surface area contributed by atoms with E-state index in [1.165, 1.54) is 11.1 Å². The average Bonchev–Trinajstić information content (AvgIpc) is 2.89. The van der Waals surface area contributed by atoms with E-state index in [2.05, 4.69) is 35.7 Å². The van der Waals surface area contributed by atoms with Crippen molar-refractivity contribution < 1.29 is 9.59 Å². The largest absolute Gasteiger partial charge is 0.367 e. The molecule has 0 aromatic carbocycles. The van der Waals surface area contributed by atoms with Crippen molar-refractivity contribution in [1.29, 1.82) is 0 Å². The lowest BCUT2D eigenvalue weighted by Gasteiger charge is -2.35. The standard InChI is InChI=1S/C29H43N5O2/c1-6-22(23(7-2)18-30-5)11-9-10-14-34-20-24(8-3)27-19-31-28(17-26(27)29(34)36)32-25-12-15-33(16-13-25)21(4)35/h6-7,17,19,24-25,30H,1-2,8-16,18,20H2,3-5H3,(H,31,32)/b23-22-. The van der Waals surface area contributed by atoms with Gasteiger partial charge in [-0.15, -0.1) is 0 Å². The maximum absolute atomic E-state index is 13.4. The van der Waals surface area contributed by atoms with Crippen LogP contribution >= 0.6 is 0 Å². The van der Waals surface area contributed by atoms with Gasteiger partial charge in [0.25, 0.3) is 5.91 Å². The number of pyridine rings is 1. The first-order chi connectivity index (χ1) is 17.4. The van der Waals surface area contributed by atoms with Crippen LogP contribution in [0.5, 0.6) is 0 Å². The minimum Gasteiger partial charge on any atom is -0.367 e. The van der Waals surface area contributed by atoms with Crippen LogP contribution in [-0.4, -0.2) is 72.4 Å². The highest BCUT2D eigenvalue weighted by molar-refractivity contribution is 5.97. The predicted octanol–water partition coefficient (Wildman–Crippen LogP) is 4.51. The molecule has 1 saturated heterocycles. The van der Waals surface area contributed by atoms with Gasteiger partial charge in [0.2, 0.25) is 5.91 Å². The normalized spacial score (nSPS) is 19.0. The van der Waals surface area contributed by atoms with Gasteiger partial charge in [-0.25, -0.2) is 4.98 Å². The smallest absolute Gasteiger partial charge is 0.254 e. The summed E-state index contributed by atoms with van der Waals surface area (Å²) in [6.07, 6.45) is 11.4. The highest BCUT2D eigenvalue weighted by atomic mass is 16.2. The number of carbonyl (C=O) groups excluding carboxylic acids is 2. The molecule has 2 amide bonds. The summed E-state index contributed by atoms with van der Waals surface area (Å²) in [5, 5.41) is 6.69. The van der Waals surface area contributed by atoms with Gasteiger partial charge in [0, 0.05) is 63.4 Å². The Hall–Kier alpha value is -2.93. The second kappa shape index (κ2) is 13.4. The number of piperidine rings is 1. The summed E-state index contributed by atoms with van der Waals surface area (Å²) in [7, 11) is 1.93. The van der Waals surface area contributed by atoms with Crippen molar-refractivity contribution in [2.24, 2.45) is 0 Å². The number of fused-ring (bicyclic) bond motifs is 1. The van der Waals surface area contributed by atoms with Gasteiger partial charge < -0.3 is 20.4 Å². The van der Waals surface area contributed by atoms with E-state index in [0.29, 0.717) is 5.92 Å². The summed E-state index contributed by atoms with van der Waals surface area (Å²) < 4.78 is 0. The number of hydrogen-bond acceptors (Lipinski definition) is 5. The first-order valence-corrected chi connectivity index (χ1v) is 13.3. The Morgan fingerprint density at radius 3 is 2.53 bits per heavy atom. The zero-order valence-electron chi connectivity index (χ0n) is 22.3. The van der Waals surface area contributed by atoms with E-state index < -0.39 is 0 Å². The second-order valence-electron chi connectivity index (χ2n) is 9.88. The first-order valence-electron chi connectivity index (χ1n) is 13.3. The molecule has 0 radical (unpaired) electrons. The van der Waals surface area contributed by atoms with Gasteiger partial charge in [-0.3, -0.25) is 9.59 Å². The molecule has 0 aliphatic carbocycles. The Bertz CT molecular complexity index is 978. The number of likely N-dealkylation sites (tertiary alicyclic amines) is 1. The number of carbonyl (C=O) groups is 2. The summed E-state index contributed by atoms with van der Waals surface area (Å²) in [6, 6.07) is 2.20. The van der Waals surface area contributed by atoms with Gasteiger partial charge in [0.05, 0.1) is 0 Å². The third kappa shape index (κ3) is 6.84. The average molecular weight is 494 g/mol. The molecule has 3 rings (SSSR count). The highest BCUT2D eigenvalue weighted by Gasteiger charge is 2.31. The Morgan fingerprint density at radius 1 is 1.19 bits per heavy atom. The molecule has 36 heavy (non-hydrogen) atoms. The third-order valence-corrected chi connectivity index (χ3v) is 7.51. The monoisotopic (exact) mass is 493 g/mol. The number of aromatic nitrogens is 1. The minimum absolute atomic E-state index is 0.105. The number of allylic oxidation sites excluding steroid dienone is 2. The number of hydrogen-bond donors (Lipinski definition) is 2. The van der Waals surface area contributed by atoms with Crippen LogP contribution in [0.3, 0.4) is 0 Å². The van der Waals surface area contributed by atoms with Crippen LogP contribution in [0.1, 0.15) is 74.2 Å². The lowest BCUT2D eigenvalue weighted by Crippen LogP contribution is -2.42. The number of likely N-dealkylation sites (N-methyl/N-ethyl adjacent to an activating group) is 1. The van der Waals surface area contributed by atoms with Crippen LogP contribution < -0.4 is 10.6 Å². The SMILES string of the molecule is C=C/C(CCCCN1CC(CC)c2cnc(NC3CCN(C(C)=O)CC3)cc2C1=O)=C(\C=C)CNC. The molecule has 7 heteroatoms. The zero-order chi connectivity index (χ0) is 26.1. The molecule has 1 atom stereocenters. The van der Waals surface area contributed by atoms with Crippen LogP contribution in [0.4, 0.5) is 5.82 Å². The molecule has 1 fully saturated rings. The van der Waals surface area contributed by atoms with Crippen molar-refractivity contribution in [3.05, 3.63) is 59.8 Å². The van der Waals surface area contributed by atoms with Crippen molar-refractivity contribution >= 4 is 17.6 Å². The molecule has 2 aliphatic rings. The molecule has 3 heterocycles. The molecule has 196 valence electrons. The van der Waals surface area contributed by atoms with Gasteiger partial charge in [0.15, 0.2) is 0 Å². The van der Waals surface area contributed by atoms with Crippen molar-refractivity contribution in [1.82, 2.24) is 20.1 Å². The number of unbranched alkanes of at least 4 members (excludes halogenated alkanes) is 1. The topological polar surface area (TPSA) is 77.6 Å². The second-order valence-corrected chi connectivity index (χ2v) is 9.88. The Kier molecular flexibility index (Phi) is 10.3. The summed E-state index contributed by atoms with van der Waals surface area (Å²) in [6.45, 7) is 15.5. The Labute approximate surface area is 216 Å². The number of rotatable bonds is 12. The van der Waals surface area contributed by atoms with E-state index in [1.807, 2.05) is 41.3 Å². The van der Waals surface area contributed by atoms with Gasteiger partial charge in [-0.2, -0.15) is 0 Å². The first kappa shape index (κ1) is 27.7. The summed E-state index contributed by atoms with van der Waals surface area (Å²) >= 11 is 0. The molecule has 0 spiro atoms. The van der Waals surface area contributed by atoms with Gasteiger partial charge >= 0.3 is 0 Å². The fraction of sp³-hybridized carbons (Fsp3) is 0.552. The van der Waals surface area contributed by atoms with E-state index in [9.17, 15) is 9.59 Å². The quantitative estimate of drug-likeness (QED) is 0.331. The van der Waals surface area contributed by atoms with Gasteiger partial charge in [-0.1, -0.05) is 32.2 Å². The number of amides is 2. The lowest BCUT2D eigenvalue weighted by atomic mass is 9.88. The maximum Gasteiger partial charge on any atom is 0.254 e. The minimum atomic E-state index is 0.105. The van der Waals surface area contributed by atoms with Crippen LogP contribution in [0, 0.1) is 0 Å². The van der Waals surface area contributed by atoms with E-state index in [4.69, 9.17) is 0 Å². The molecular formula is C29H43N5O2. The molecule has 1 unspecified atom stereocenters.